The Balaban J connectivity index is 1.72. The molecule has 0 fully saturated rings. The maximum absolute atomic E-state index is 14.0. The van der Waals surface area contributed by atoms with Gasteiger partial charge in [0.1, 0.15) is 17.4 Å². The summed E-state index contributed by atoms with van der Waals surface area (Å²) in [6, 6.07) is 10.5. The maximum Gasteiger partial charge on any atom is 0.437 e. The maximum atomic E-state index is 14.0. The van der Waals surface area contributed by atoms with Crippen molar-refractivity contribution in [2.45, 2.75) is 13.3 Å². The minimum absolute atomic E-state index is 0.154. The standard InChI is InChI=1S/C23H18F2N2O4S/c1-12-9-20(32-21(12)18(28)11-14-16(24)5-4-6-17(14)25)15-10-13(7-8-19(15)30-3)22-26-27(2)23(29)31-22/h4-10H,11H2,1-3H3. The molecular formula is C23H18F2N2O4S. The lowest BCUT2D eigenvalue weighted by atomic mass is 10.0. The number of hydrogen-bond donors (Lipinski definition) is 0. The number of rotatable bonds is 6. The molecule has 32 heavy (non-hydrogen) atoms. The Morgan fingerprint density at radius 1 is 1.19 bits per heavy atom. The summed E-state index contributed by atoms with van der Waals surface area (Å²) >= 11 is 1.20. The summed E-state index contributed by atoms with van der Waals surface area (Å²) in [5.41, 5.74) is 1.66. The summed E-state index contributed by atoms with van der Waals surface area (Å²) in [7, 11) is 3.01. The number of carbonyl (C=O) groups excluding carboxylic acids is 1. The van der Waals surface area contributed by atoms with E-state index in [1.165, 1.54) is 31.6 Å². The molecule has 4 aromatic rings. The quantitative estimate of drug-likeness (QED) is 0.390. The Morgan fingerprint density at radius 3 is 2.53 bits per heavy atom. The van der Waals surface area contributed by atoms with Crippen molar-refractivity contribution in [3.05, 3.63) is 80.7 Å². The van der Waals surface area contributed by atoms with E-state index in [4.69, 9.17) is 9.15 Å². The minimum Gasteiger partial charge on any atom is -0.496 e. The SMILES string of the molecule is COc1ccc(-c2nn(C)c(=O)o2)cc1-c1cc(C)c(C(=O)Cc2c(F)cccc2F)s1. The number of aryl methyl sites for hydroxylation is 2. The van der Waals surface area contributed by atoms with E-state index in [-0.39, 0.29) is 23.7 Å². The average Bonchev–Trinajstić information content (AvgIpc) is 3.32. The lowest BCUT2D eigenvalue weighted by Crippen LogP contribution is -2.09. The van der Waals surface area contributed by atoms with Gasteiger partial charge in [-0.1, -0.05) is 6.07 Å². The smallest absolute Gasteiger partial charge is 0.437 e. The molecule has 0 atom stereocenters. The van der Waals surface area contributed by atoms with Crippen LogP contribution in [0, 0.1) is 18.6 Å². The Kier molecular flexibility index (Phi) is 5.75. The van der Waals surface area contributed by atoms with Gasteiger partial charge in [-0.3, -0.25) is 4.79 Å². The van der Waals surface area contributed by atoms with Crippen molar-refractivity contribution in [1.82, 2.24) is 9.78 Å². The highest BCUT2D eigenvalue weighted by Gasteiger charge is 2.21. The van der Waals surface area contributed by atoms with E-state index < -0.39 is 17.4 Å². The van der Waals surface area contributed by atoms with Crippen LogP contribution in [0.25, 0.3) is 21.9 Å². The fourth-order valence-electron chi connectivity index (χ4n) is 3.33. The summed E-state index contributed by atoms with van der Waals surface area (Å²) in [6.07, 6.45) is -0.379. The van der Waals surface area contributed by atoms with Gasteiger partial charge in [0, 0.05) is 35.0 Å². The molecule has 0 aliphatic rings. The largest absolute Gasteiger partial charge is 0.496 e. The third-order valence-electron chi connectivity index (χ3n) is 4.97. The van der Waals surface area contributed by atoms with E-state index in [0.29, 0.717) is 27.3 Å². The van der Waals surface area contributed by atoms with Crippen LogP contribution in [-0.4, -0.2) is 22.7 Å². The molecule has 9 heteroatoms. The van der Waals surface area contributed by atoms with Crippen LogP contribution in [0.2, 0.25) is 0 Å². The zero-order valence-electron chi connectivity index (χ0n) is 17.4. The molecule has 0 spiro atoms. The van der Waals surface area contributed by atoms with Crippen molar-refractivity contribution < 1.29 is 22.7 Å². The number of nitrogens with zero attached hydrogens (tertiary/aromatic N) is 2. The van der Waals surface area contributed by atoms with Crippen molar-refractivity contribution in [2.24, 2.45) is 7.05 Å². The number of Topliss-reactive ketones (excluding diaryl/α,β-unsaturated/α-hetero) is 1. The summed E-state index contributed by atoms with van der Waals surface area (Å²) in [6.45, 7) is 1.76. The van der Waals surface area contributed by atoms with Crippen molar-refractivity contribution in [1.29, 1.82) is 0 Å². The summed E-state index contributed by atoms with van der Waals surface area (Å²) in [5.74, 6) is -1.77. The van der Waals surface area contributed by atoms with Crippen LogP contribution in [0.15, 0.2) is 51.7 Å². The predicted octanol–water partition coefficient (Wildman–Crippen LogP) is 4.79. The third-order valence-corrected chi connectivity index (χ3v) is 6.28. The minimum atomic E-state index is -0.751. The lowest BCUT2D eigenvalue weighted by Gasteiger charge is -2.08. The zero-order valence-corrected chi connectivity index (χ0v) is 18.3. The molecule has 0 aliphatic carbocycles. The molecule has 164 valence electrons. The van der Waals surface area contributed by atoms with E-state index in [9.17, 15) is 18.4 Å². The van der Waals surface area contributed by atoms with Gasteiger partial charge >= 0.3 is 5.76 Å². The predicted molar refractivity (Wildman–Crippen MR) is 116 cm³/mol. The molecule has 0 bridgehead atoms. The van der Waals surface area contributed by atoms with Crippen molar-refractivity contribution in [2.75, 3.05) is 7.11 Å². The van der Waals surface area contributed by atoms with E-state index >= 15 is 0 Å². The molecule has 0 saturated heterocycles. The van der Waals surface area contributed by atoms with E-state index in [1.54, 1.807) is 25.1 Å². The second kappa shape index (κ2) is 8.51. The summed E-state index contributed by atoms with van der Waals surface area (Å²) < 4.78 is 39.7. The first-order valence-electron chi connectivity index (χ1n) is 9.58. The van der Waals surface area contributed by atoms with Gasteiger partial charge in [0.05, 0.1) is 12.0 Å². The van der Waals surface area contributed by atoms with Gasteiger partial charge in [-0.25, -0.2) is 13.6 Å². The second-order valence-corrected chi connectivity index (χ2v) is 8.19. The van der Waals surface area contributed by atoms with Crippen molar-refractivity contribution >= 4 is 17.1 Å². The molecular weight excluding hydrogens is 438 g/mol. The third kappa shape index (κ3) is 3.99. The van der Waals surface area contributed by atoms with E-state index in [1.807, 2.05) is 6.07 Å². The van der Waals surface area contributed by atoms with Crippen LogP contribution in [0.4, 0.5) is 8.78 Å². The molecule has 0 saturated carbocycles. The van der Waals surface area contributed by atoms with Crippen molar-refractivity contribution in [3.8, 4) is 27.6 Å². The molecule has 6 nitrogen and oxygen atoms in total. The molecule has 0 aliphatic heterocycles. The molecule has 2 aromatic heterocycles. The van der Waals surface area contributed by atoms with Gasteiger partial charge < -0.3 is 9.15 Å². The van der Waals surface area contributed by atoms with Gasteiger partial charge in [0.15, 0.2) is 5.78 Å². The van der Waals surface area contributed by atoms with Gasteiger partial charge in [-0.05, 0) is 48.9 Å². The topological polar surface area (TPSA) is 74.3 Å². The highest BCUT2D eigenvalue weighted by Crippen LogP contribution is 2.39. The van der Waals surface area contributed by atoms with Gasteiger partial charge in [0.2, 0.25) is 5.89 Å². The monoisotopic (exact) mass is 456 g/mol. The molecule has 0 unspecified atom stereocenters. The number of ether oxygens (including phenoxy) is 1. The second-order valence-electron chi connectivity index (χ2n) is 7.13. The summed E-state index contributed by atoms with van der Waals surface area (Å²) in [4.78, 5) is 25.6. The number of hydrogen-bond acceptors (Lipinski definition) is 6. The molecule has 2 aromatic carbocycles. The Labute approximate surface area is 185 Å². The first-order valence-corrected chi connectivity index (χ1v) is 10.4. The van der Waals surface area contributed by atoms with Crippen LogP contribution in [0.3, 0.4) is 0 Å². The van der Waals surface area contributed by atoms with Gasteiger partial charge in [-0.2, -0.15) is 4.68 Å². The fourth-order valence-corrected chi connectivity index (χ4v) is 4.46. The Bertz CT molecular complexity index is 1370. The molecule has 0 N–H and O–H groups in total. The Hall–Kier alpha value is -3.59. The zero-order chi connectivity index (χ0) is 23.0. The van der Waals surface area contributed by atoms with Gasteiger partial charge in [-0.15, -0.1) is 16.4 Å². The normalized spacial score (nSPS) is 11.0. The number of aromatic nitrogens is 2. The number of methoxy groups -OCH3 is 1. The van der Waals surface area contributed by atoms with Crippen LogP contribution >= 0.6 is 11.3 Å². The number of ketones is 1. The van der Waals surface area contributed by atoms with Crippen molar-refractivity contribution in [3.63, 3.8) is 0 Å². The summed E-state index contributed by atoms with van der Waals surface area (Å²) in [5, 5.41) is 4.06. The first-order chi connectivity index (χ1) is 15.3. The van der Waals surface area contributed by atoms with Crippen LogP contribution in [0.1, 0.15) is 20.8 Å². The molecule has 0 amide bonds. The number of halogens is 2. The highest BCUT2D eigenvalue weighted by atomic mass is 32.1. The highest BCUT2D eigenvalue weighted by molar-refractivity contribution is 7.17. The number of thiophene rings is 1. The average molecular weight is 456 g/mol. The fraction of sp³-hybridized carbons (Fsp3) is 0.174. The van der Waals surface area contributed by atoms with E-state index in [2.05, 4.69) is 5.10 Å². The lowest BCUT2D eigenvalue weighted by molar-refractivity contribution is 0.0994. The number of carbonyl (C=O) groups is 1. The van der Waals surface area contributed by atoms with Crippen LogP contribution < -0.4 is 10.5 Å². The van der Waals surface area contributed by atoms with Gasteiger partial charge in [0.25, 0.3) is 0 Å². The Morgan fingerprint density at radius 2 is 1.91 bits per heavy atom. The first kappa shape index (κ1) is 21.6. The molecule has 0 radical (unpaired) electrons. The van der Waals surface area contributed by atoms with Crippen LogP contribution in [0.5, 0.6) is 5.75 Å². The number of benzene rings is 2. The van der Waals surface area contributed by atoms with Crippen LogP contribution in [-0.2, 0) is 13.5 Å². The molecule has 2 heterocycles. The van der Waals surface area contributed by atoms with E-state index in [0.717, 1.165) is 21.7 Å². The molecule has 4 rings (SSSR count).